The van der Waals surface area contributed by atoms with Crippen LogP contribution in [0.25, 0.3) is 0 Å². The maximum absolute atomic E-state index is 13.4. The Labute approximate surface area is 119 Å². The molecule has 1 aliphatic heterocycles. The maximum atomic E-state index is 13.4. The van der Waals surface area contributed by atoms with E-state index in [-0.39, 0.29) is 24.7 Å². The predicted molar refractivity (Wildman–Crippen MR) is 72.4 cm³/mol. The molecule has 0 saturated carbocycles. The molecule has 21 heavy (non-hydrogen) atoms. The van der Waals surface area contributed by atoms with Crippen molar-refractivity contribution < 1.29 is 18.0 Å². The van der Waals surface area contributed by atoms with E-state index in [9.17, 15) is 18.0 Å². The normalized spacial score (nSPS) is 13.9. The van der Waals surface area contributed by atoms with E-state index in [2.05, 4.69) is 5.32 Å². The van der Waals surface area contributed by atoms with Crippen LogP contribution in [-0.2, 0) is 11.3 Å². The average Bonchev–Trinajstić information content (AvgIpc) is 2.44. The van der Waals surface area contributed by atoms with Gasteiger partial charge in [-0.15, -0.1) is 0 Å². The second-order valence-corrected chi connectivity index (χ2v) is 4.75. The van der Waals surface area contributed by atoms with Gasteiger partial charge < -0.3 is 10.2 Å². The monoisotopic (exact) mass is 292 g/mol. The van der Waals surface area contributed by atoms with Crippen LogP contribution < -0.4 is 10.2 Å². The third-order valence-electron chi connectivity index (χ3n) is 3.29. The van der Waals surface area contributed by atoms with E-state index in [1.807, 2.05) is 0 Å². The molecule has 2 aromatic carbocycles. The quantitative estimate of drug-likeness (QED) is 0.922. The fourth-order valence-electron chi connectivity index (χ4n) is 2.29. The van der Waals surface area contributed by atoms with Gasteiger partial charge in [0.15, 0.2) is 11.6 Å². The Kier molecular flexibility index (Phi) is 3.29. The predicted octanol–water partition coefficient (Wildman–Crippen LogP) is 3.06. The Morgan fingerprint density at radius 2 is 1.86 bits per heavy atom. The minimum absolute atomic E-state index is 0.0204. The lowest BCUT2D eigenvalue weighted by atomic mass is 10.1. The molecule has 0 bridgehead atoms. The van der Waals surface area contributed by atoms with Crippen LogP contribution in [0.3, 0.4) is 0 Å². The SMILES string of the molecule is O=C1CNc2cc(F)c(F)cc2N1Cc1cccc(F)c1. The number of carbonyl (C=O) groups is 1. The van der Waals surface area contributed by atoms with Gasteiger partial charge in [-0.05, 0) is 17.7 Å². The highest BCUT2D eigenvalue weighted by Gasteiger charge is 2.25. The lowest BCUT2D eigenvalue weighted by molar-refractivity contribution is -0.117. The average molecular weight is 292 g/mol. The van der Waals surface area contributed by atoms with E-state index in [0.29, 0.717) is 11.3 Å². The van der Waals surface area contributed by atoms with Crippen molar-refractivity contribution in [2.75, 3.05) is 16.8 Å². The van der Waals surface area contributed by atoms with Gasteiger partial charge in [-0.3, -0.25) is 4.79 Å². The van der Waals surface area contributed by atoms with Gasteiger partial charge in [0.25, 0.3) is 0 Å². The summed E-state index contributed by atoms with van der Waals surface area (Å²) in [5.41, 5.74) is 1.15. The van der Waals surface area contributed by atoms with Crippen LogP contribution in [0.5, 0.6) is 0 Å². The molecule has 2 aromatic rings. The lowest BCUT2D eigenvalue weighted by Crippen LogP contribution is -2.39. The fourth-order valence-corrected chi connectivity index (χ4v) is 2.29. The summed E-state index contributed by atoms with van der Waals surface area (Å²) in [5.74, 6) is -2.73. The van der Waals surface area contributed by atoms with Gasteiger partial charge in [-0.2, -0.15) is 0 Å². The molecule has 3 rings (SSSR count). The third kappa shape index (κ3) is 2.56. The summed E-state index contributed by atoms with van der Waals surface area (Å²) in [6.07, 6.45) is 0. The van der Waals surface area contributed by atoms with Crippen molar-refractivity contribution >= 4 is 17.3 Å². The first-order chi connectivity index (χ1) is 10.0. The molecule has 108 valence electrons. The van der Waals surface area contributed by atoms with E-state index in [4.69, 9.17) is 0 Å². The van der Waals surface area contributed by atoms with Gasteiger partial charge in [-0.1, -0.05) is 12.1 Å². The van der Waals surface area contributed by atoms with E-state index in [1.165, 1.54) is 23.1 Å². The molecule has 0 atom stereocenters. The molecule has 1 heterocycles. The summed E-state index contributed by atoms with van der Waals surface area (Å²) in [7, 11) is 0. The Morgan fingerprint density at radius 3 is 2.62 bits per heavy atom. The van der Waals surface area contributed by atoms with Crippen LogP contribution in [0.1, 0.15) is 5.56 Å². The fraction of sp³-hybridized carbons (Fsp3) is 0.133. The molecule has 0 aromatic heterocycles. The molecular weight excluding hydrogens is 281 g/mol. The number of nitrogens with zero attached hydrogens (tertiary/aromatic N) is 1. The van der Waals surface area contributed by atoms with E-state index in [1.54, 1.807) is 6.07 Å². The number of hydrogen-bond acceptors (Lipinski definition) is 2. The summed E-state index contributed by atoms with van der Waals surface area (Å²) in [5, 5.41) is 2.74. The largest absolute Gasteiger partial charge is 0.374 e. The molecule has 0 aliphatic carbocycles. The molecule has 0 radical (unpaired) electrons. The number of hydrogen-bond donors (Lipinski definition) is 1. The zero-order valence-corrected chi connectivity index (χ0v) is 10.9. The van der Waals surface area contributed by atoms with Crippen LogP contribution in [0.2, 0.25) is 0 Å². The van der Waals surface area contributed by atoms with Gasteiger partial charge in [0, 0.05) is 12.1 Å². The first kappa shape index (κ1) is 13.5. The van der Waals surface area contributed by atoms with Crippen molar-refractivity contribution in [3.63, 3.8) is 0 Å². The second-order valence-electron chi connectivity index (χ2n) is 4.75. The topological polar surface area (TPSA) is 32.3 Å². The Morgan fingerprint density at radius 1 is 1.10 bits per heavy atom. The van der Waals surface area contributed by atoms with Gasteiger partial charge in [-0.25, -0.2) is 13.2 Å². The van der Waals surface area contributed by atoms with E-state index in [0.717, 1.165) is 12.1 Å². The molecule has 1 amide bonds. The van der Waals surface area contributed by atoms with Gasteiger partial charge in [0.05, 0.1) is 24.5 Å². The molecule has 0 fully saturated rings. The van der Waals surface area contributed by atoms with Crippen LogP contribution in [0.4, 0.5) is 24.5 Å². The van der Waals surface area contributed by atoms with Crippen molar-refractivity contribution in [2.45, 2.75) is 6.54 Å². The molecule has 3 nitrogen and oxygen atoms in total. The summed E-state index contributed by atoms with van der Waals surface area (Å²) in [6.45, 7) is 0.0731. The van der Waals surface area contributed by atoms with E-state index < -0.39 is 17.5 Å². The Hall–Kier alpha value is -2.50. The highest BCUT2D eigenvalue weighted by atomic mass is 19.2. The summed E-state index contributed by atoms with van der Waals surface area (Å²) < 4.78 is 39.9. The minimum Gasteiger partial charge on any atom is -0.374 e. The molecule has 0 saturated heterocycles. The molecule has 6 heteroatoms. The molecule has 1 N–H and O–H groups in total. The second kappa shape index (κ2) is 5.12. The number of halogens is 3. The van der Waals surface area contributed by atoms with Crippen LogP contribution >= 0.6 is 0 Å². The first-order valence-electron chi connectivity index (χ1n) is 6.32. The molecule has 0 spiro atoms. The highest BCUT2D eigenvalue weighted by Crippen LogP contribution is 2.32. The van der Waals surface area contributed by atoms with Gasteiger partial charge in [0.2, 0.25) is 5.91 Å². The number of rotatable bonds is 2. The summed E-state index contributed by atoms with van der Waals surface area (Å²) >= 11 is 0. The number of anilines is 2. The number of benzene rings is 2. The van der Waals surface area contributed by atoms with Gasteiger partial charge in [0.1, 0.15) is 5.82 Å². The minimum atomic E-state index is -1.03. The van der Waals surface area contributed by atoms with Crippen LogP contribution in [0.15, 0.2) is 36.4 Å². The van der Waals surface area contributed by atoms with Crippen molar-refractivity contribution in [2.24, 2.45) is 0 Å². The molecular formula is C15H11F3N2O. The number of fused-ring (bicyclic) bond motifs is 1. The third-order valence-corrected chi connectivity index (χ3v) is 3.29. The Bertz CT molecular complexity index is 718. The maximum Gasteiger partial charge on any atom is 0.246 e. The Balaban J connectivity index is 1.99. The molecule has 1 aliphatic rings. The number of carbonyl (C=O) groups excluding carboxylic acids is 1. The lowest BCUT2D eigenvalue weighted by Gasteiger charge is -2.30. The first-order valence-corrected chi connectivity index (χ1v) is 6.32. The summed E-state index contributed by atoms with van der Waals surface area (Å²) in [4.78, 5) is 13.3. The standard InChI is InChI=1S/C15H11F3N2O/c16-10-3-1-2-9(4-10)8-20-14-6-12(18)11(17)5-13(14)19-7-15(20)21/h1-6,19H,7-8H2. The number of amides is 1. The smallest absolute Gasteiger partial charge is 0.246 e. The zero-order chi connectivity index (χ0) is 15.0. The van der Waals surface area contributed by atoms with Crippen molar-refractivity contribution in [1.29, 1.82) is 0 Å². The van der Waals surface area contributed by atoms with Crippen LogP contribution in [0, 0.1) is 17.5 Å². The van der Waals surface area contributed by atoms with Crippen molar-refractivity contribution in [3.8, 4) is 0 Å². The van der Waals surface area contributed by atoms with Crippen molar-refractivity contribution in [1.82, 2.24) is 0 Å². The zero-order valence-electron chi connectivity index (χ0n) is 10.9. The number of nitrogens with one attached hydrogen (secondary N) is 1. The van der Waals surface area contributed by atoms with Crippen LogP contribution in [-0.4, -0.2) is 12.5 Å². The summed E-state index contributed by atoms with van der Waals surface area (Å²) in [6, 6.07) is 7.77. The highest BCUT2D eigenvalue weighted by molar-refractivity contribution is 6.02. The van der Waals surface area contributed by atoms with Crippen molar-refractivity contribution in [3.05, 3.63) is 59.4 Å². The molecule has 0 unspecified atom stereocenters. The van der Waals surface area contributed by atoms with Gasteiger partial charge >= 0.3 is 0 Å². The van der Waals surface area contributed by atoms with E-state index >= 15 is 0 Å².